The molecule has 2 aromatic rings. The van der Waals surface area contributed by atoms with E-state index in [1.54, 1.807) is 0 Å². The Morgan fingerprint density at radius 1 is 1.17 bits per heavy atom. The first kappa shape index (κ1) is 16.9. The lowest BCUT2D eigenvalue weighted by molar-refractivity contribution is -0.115. The summed E-state index contributed by atoms with van der Waals surface area (Å²) in [5, 5.41) is 2.90. The van der Waals surface area contributed by atoms with E-state index < -0.39 is 0 Å². The van der Waals surface area contributed by atoms with Crippen LogP contribution in [0.3, 0.4) is 0 Å². The number of piperazine rings is 1. The SMILES string of the molecule is CCC(=O)Nc1ccc2c(c1)nc(CN1CCN(CC)CC1)n2C. The first-order valence-electron chi connectivity index (χ1n) is 8.80. The van der Waals surface area contributed by atoms with Crippen LogP contribution < -0.4 is 5.32 Å². The summed E-state index contributed by atoms with van der Waals surface area (Å²) in [6.07, 6.45) is 0.481. The lowest BCUT2D eigenvalue weighted by Crippen LogP contribution is -2.45. The Labute approximate surface area is 143 Å². The summed E-state index contributed by atoms with van der Waals surface area (Å²) in [6, 6.07) is 5.94. The van der Waals surface area contributed by atoms with Crippen LogP contribution in [-0.4, -0.2) is 58.0 Å². The van der Waals surface area contributed by atoms with Gasteiger partial charge in [-0.3, -0.25) is 9.69 Å². The fourth-order valence-corrected chi connectivity index (χ4v) is 3.18. The summed E-state index contributed by atoms with van der Waals surface area (Å²) >= 11 is 0. The van der Waals surface area contributed by atoms with Gasteiger partial charge in [0.25, 0.3) is 0 Å². The van der Waals surface area contributed by atoms with Gasteiger partial charge in [-0.15, -0.1) is 0 Å². The normalized spacial score (nSPS) is 16.6. The first-order valence-corrected chi connectivity index (χ1v) is 8.80. The molecule has 6 heteroatoms. The lowest BCUT2D eigenvalue weighted by atomic mass is 10.2. The number of likely N-dealkylation sites (N-methyl/N-ethyl adjacent to an activating group) is 1. The van der Waals surface area contributed by atoms with Crippen LogP contribution in [0.1, 0.15) is 26.1 Å². The number of nitrogens with zero attached hydrogens (tertiary/aromatic N) is 4. The minimum Gasteiger partial charge on any atom is -0.330 e. The van der Waals surface area contributed by atoms with Crippen LogP contribution in [0.2, 0.25) is 0 Å². The molecule has 1 aromatic carbocycles. The highest BCUT2D eigenvalue weighted by atomic mass is 16.1. The molecule has 0 radical (unpaired) electrons. The second-order valence-electron chi connectivity index (χ2n) is 6.40. The molecule has 1 amide bonds. The maximum Gasteiger partial charge on any atom is 0.224 e. The Hall–Kier alpha value is -1.92. The predicted molar refractivity (Wildman–Crippen MR) is 97.0 cm³/mol. The number of hydrogen-bond donors (Lipinski definition) is 1. The molecule has 2 heterocycles. The number of aryl methyl sites for hydroxylation is 1. The van der Waals surface area contributed by atoms with Crippen LogP contribution in [0, 0.1) is 0 Å². The quantitative estimate of drug-likeness (QED) is 0.912. The van der Waals surface area contributed by atoms with E-state index in [1.165, 1.54) is 0 Å². The van der Waals surface area contributed by atoms with Crippen molar-refractivity contribution >= 4 is 22.6 Å². The zero-order chi connectivity index (χ0) is 17.1. The summed E-state index contributed by atoms with van der Waals surface area (Å²) in [5.74, 6) is 1.10. The number of benzene rings is 1. The van der Waals surface area contributed by atoms with Gasteiger partial charge in [0.15, 0.2) is 0 Å². The standard InChI is InChI=1S/C18H27N5O/c1-4-18(24)19-14-6-7-16-15(12-14)20-17(21(16)3)13-23-10-8-22(5-2)9-11-23/h6-7,12H,4-5,8-11,13H2,1-3H3,(H,19,24). The zero-order valence-corrected chi connectivity index (χ0v) is 14.9. The third-order valence-corrected chi connectivity index (χ3v) is 4.86. The summed E-state index contributed by atoms with van der Waals surface area (Å²) in [7, 11) is 2.07. The number of rotatable bonds is 5. The fraction of sp³-hybridized carbons (Fsp3) is 0.556. The van der Waals surface area contributed by atoms with Crippen molar-refractivity contribution < 1.29 is 4.79 Å². The number of anilines is 1. The van der Waals surface area contributed by atoms with Crippen LogP contribution in [0.5, 0.6) is 0 Å². The van der Waals surface area contributed by atoms with Gasteiger partial charge < -0.3 is 14.8 Å². The van der Waals surface area contributed by atoms with Crippen molar-refractivity contribution in [3.63, 3.8) is 0 Å². The van der Waals surface area contributed by atoms with Gasteiger partial charge in [-0.1, -0.05) is 13.8 Å². The van der Waals surface area contributed by atoms with Gasteiger partial charge in [-0.25, -0.2) is 4.98 Å². The molecule has 1 aromatic heterocycles. The number of amides is 1. The Morgan fingerprint density at radius 2 is 1.88 bits per heavy atom. The summed E-state index contributed by atoms with van der Waals surface area (Å²) in [6.45, 7) is 10.5. The van der Waals surface area contributed by atoms with Gasteiger partial charge in [-0.2, -0.15) is 0 Å². The molecule has 0 spiro atoms. The highest BCUT2D eigenvalue weighted by Crippen LogP contribution is 2.21. The smallest absolute Gasteiger partial charge is 0.224 e. The monoisotopic (exact) mass is 329 g/mol. The highest BCUT2D eigenvalue weighted by Gasteiger charge is 2.18. The number of fused-ring (bicyclic) bond motifs is 1. The maximum atomic E-state index is 11.6. The molecule has 24 heavy (non-hydrogen) atoms. The molecule has 130 valence electrons. The highest BCUT2D eigenvalue weighted by molar-refractivity contribution is 5.92. The number of imidazole rings is 1. The Balaban J connectivity index is 1.74. The van der Waals surface area contributed by atoms with Crippen molar-refractivity contribution in [2.24, 2.45) is 7.05 Å². The topological polar surface area (TPSA) is 53.4 Å². The van der Waals surface area contributed by atoms with Crippen molar-refractivity contribution in [1.82, 2.24) is 19.4 Å². The average molecular weight is 329 g/mol. The van der Waals surface area contributed by atoms with Crippen molar-refractivity contribution in [3.8, 4) is 0 Å². The molecule has 0 aliphatic carbocycles. The van der Waals surface area contributed by atoms with Crippen LogP contribution in [0.25, 0.3) is 11.0 Å². The molecule has 0 saturated carbocycles. The van der Waals surface area contributed by atoms with Crippen molar-refractivity contribution in [2.75, 3.05) is 38.0 Å². The van der Waals surface area contributed by atoms with E-state index in [1.807, 2.05) is 25.1 Å². The largest absolute Gasteiger partial charge is 0.330 e. The van der Waals surface area contributed by atoms with Crippen molar-refractivity contribution in [1.29, 1.82) is 0 Å². The molecular formula is C18H27N5O. The van der Waals surface area contributed by atoms with Gasteiger partial charge in [0.05, 0.1) is 17.6 Å². The molecule has 1 saturated heterocycles. The minimum atomic E-state index is 0.0271. The van der Waals surface area contributed by atoms with Crippen LogP contribution in [0.15, 0.2) is 18.2 Å². The van der Waals surface area contributed by atoms with E-state index in [-0.39, 0.29) is 5.91 Å². The van der Waals surface area contributed by atoms with Gasteiger partial charge >= 0.3 is 0 Å². The minimum absolute atomic E-state index is 0.0271. The number of carbonyl (C=O) groups is 1. The molecule has 0 unspecified atom stereocenters. The Kier molecular flexibility index (Phi) is 5.16. The van der Waals surface area contributed by atoms with Gasteiger partial charge in [-0.05, 0) is 24.7 Å². The molecule has 1 fully saturated rings. The number of carbonyl (C=O) groups excluding carboxylic acids is 1. The molecule has 1 N–H and O–H groups in total. The predicted octanol–water partition coefficient (Wildman–Crippen LogP) is 2.06. The van der Waals surface area contributed by atoms with Crippen molar-refractivity contribution in [2.45, 2.75) is 26.8 Å². The van der Waals surface area contributed by atoms with Crippen molar-refractivity contribution in [3.05, 3.63) is 24.0 Å². The lowest BCUT2D eigenvalue weighted by Gasteiger charge is -2.33. The average Bonchev–Trinajstić information content (AvgIpc) is 2.90. The summed E-state index contributed by atoms with van der Waals surface area (Å²) < 4.78 is 2.16. The van der Waals surface area contributed by atoms with E-state index in [2.05, 4.69) is 33.7 Å². The molecule has 0 bridgehead atoms. The summed E-state index contributed by atoms with van der Waals surface area (Å²) in [4.78, 5) is 21.3. The molecule has 0 atom stereocenters. The molecule has 6 nitrogen and oxygen atoms in total. The first-order chi connectivity index (χ1) is 11.6. The van der Waals surface area contributed by atoms with E-state index in [0.29, 0.717) is 6.42 Å². The Morgan fingerprint density at radius 3 is 2.54 bits per heavy atom. The van der Waals surface area contributed by atoms with Gasteiger partial charge in [0.2, 0.25) is 5.91 Å². The molecule has 1 aliphatic rings. The molecular weight excluding hydrogens is 302 g/mol. The van der Waals surface area contributed by atoms with E-state index in [0.717, 1.165) is 61.8 Å². The van der Waals surface area contributed by atoms with Gasteiger partial charge in [0, 0.05) is 45.3 Å². The maximum absolute atomic E-state index is 11.6. The van der Waals surface area contributed by atoms with Crippen LogP contribution in [-0.2, 0) is 18.4 Å². The number of hydrogen-bond acceptors (Lipinski definition) is 4. The van der Waals surface area contributed by atoms with E-state index >= 15 is 0 Å². The van der Waals surface area contributed by atoms with E-state index in [9.17, 15) is 4.79 Å². The van der Waals surface area contributed by atoms with Gasteiger partial charge in [0.1, 0.15) is 5.82 Å². The zero-order valence-electron chi connectivity index (χ0n) is 14.9. The third kappa shape index (κ3) is 3.60. The van der Waals surface area contributed by atoms with Crippen LogP contribution >= 0.6 is 0 Å². The fourth-order valence-electron chi connectivity index (χ4n) is 3.18. The van der Waals surface area contributed by atoms with Crippen LogP contribution in [0.4, 0.5) is 5.69 Å². The number of aromatic nitrogens is 2. The van der Waals surface area contributed by atoms with E-state index in [4.69, 9.17) is 4.98 Å². The second-order valence-corrected chi connectivity index (χ2v) is 6.40. The summed E-state index contributed by atoms with van der Waals surface area (Å²) in [5.41, 5.74) is 2.86. The molecule has 1 aliphatic heterocycles. The number of nitrogens with one attached hydrogen (secondary N) is 1. The Bertz CT molecular complexity index is 716. The molecule has 3 rings (SSSR count). The third-order valence-electron chi connectivity index (χ3n) is 4.86. The second kappa shape index (κ2) is 7.32.